The number of rotatable bonds is 5. The van der Waals surface area contributed by atoms with E-state index in [1.54, 1.807) is 11.0 Å². The summed E-state index contributed by atoms with van der Waals surface area (Å²) in [5, 5.41) is 26.5. The van der Waals surface area contributed by atoms with Crippen LogP contribution in [0.5, 0.6) is 5.75 Å². The van der Waals surface area contributed by atoms with Gasteiger partial charge in [-0.2, -0.15) is 5.10 Å². The number of carbonyl (C=O) groups is 2. The summed E-state index contributed by atoms with van der Waals surface area (Å²) in [6.45, 7) is 4.92. The number of amides is 2. The maximum absolute atomic E-state index is 13.5. The van der Waals surface area contributed by atoms with Crippen molar-refractivity contribution in [1.29, 1.82) is 0 Å². The lowest BCUT2D eigenvalue weighted by atomic mass is 9.79. The molecular weight excluding hydrogens is 532 g/mol. The molecule has 10 N–H and O–H groups in total. The molecule has 216 valence electrons. The van der Waals surface area contributed by atoms with Gasteiger partial charge in [-0.25, -0.2) is 15.4 Å². The van der Waals surface area contributed by atoms with Crippen LogP contribution in [0.15, 0.2) is 40.1 Å². The Hall–Kier alpha value is -4.66. The summed E-state index contributed by atoms with van der Waals surface area (Å²) in [4.78, 5) is 46.8. The smallest absolute Gasteiger partial charge is 0.343 e. The molecule has 6 rings (SSSR count). The second-order valence-corrected chi connectivity index (χ2v) is 11.4. The molecule has 1 fully saturated rings. The molecule has 0 aliphatic carbocycles. The lowest BCUT2D eigenvalue weighted by Crippen LogP contribution is -2.88. The Labute approximate surface area is 234 Å². The van der Waals surface area contributed by atoms with E-state index in [0.29, 0.717) is 17.9 Å². The number of fused-ring (bicyclic) bond motifs is 1. The van der Waals surface area contributed by atoms with E-state index >= 15 is 0 Å². The second kappa shape index (κ2) is 9.47. The van der Waals surface area contributed by atoms with Gasteiger partial charge in [0.1, 0.15) is 23.6 Å². The number of hydrogen-bond donors (Lipinski definition) is 8. The zero-order valence-electron chi connectivity index (χ0n) is 22.6. The van der Waals surface area contributed by atoms with Crippen molar-refractivity contribution in [2.24, 2.45) is 16.5 Å². The number of nitrogens with one attached hydrogen (secondary N) is 5. The fourth-order valence-corrected chi connectivity index (χ4v) is 6.24. The minimum absolute atomic E-state index is 0.0234. The highest BCUT2D eigenvalue weighted by molar-refractivity contribution is 5.98. The molecule has 41 heavy (non-hydrogen) atoms. The average molecular weight is 566 g/mol. The highest BCUT2D eigenvalue weighted by Crippen LogP contribution is 2.41. The van der Waals surface area contributed by atoms with Crippen LogP contribution in [-0.4, -0.2) is 93.5 Å². The third-order valence-electron chi connectivity index (χ3n) is 8.40. The molecule has 1 aromatic carbocycles. The van der Waals surface area contributed by atoms with Gasteiger partial charge < -0.3 is 31.1 Å². The minimum Gasteiger partial charge on any atom is -0.492 e. The van der Waals surface area contributed by atoms with Gasteiger partial charge in [0, 0.05) is 24.7 Å². The number of aliphatic hydroxyl groups is 1. The number of para-hydroxylation sites is 1. The monoisotopic (exact) mass is 565 g/mol. The molecule has 2 aromatic rings. The van der Waals surface area contributed by atoms with Crippen LogP contribution < -0.4 is 42.7 Å². The van der Waals surface area contributed by atoms with Crippen molar-refractivity contribution < 1.29 is 24.4 Å². The predicted octanol–water partition coefficient (Wildman–Crippen LogP) is -4.20. The van der Waals surface area contributed by atoms with Gasteiger partial charge in [0.2, 0.25) is 5.66 Å². The number of ether oxygens (including phenoxy) is 1. The standard InChI is InChI=1S/C26H32N10O5/c1-25(2)8-9-41-18-12(4-3-5-13(18)25)21(39)30-16-11-36-24(28)31-15(19-26(36,20(16)38)33-23(27)32-19)10-29-22(40)14-6-7-17(37)35-34-14/h3-7,15-16,19-20,38H,8-11H2,1-2H3,(H2,28,31)(H,29,40)(H,30,39)(H,35,37)(H3,27,32,33)/p+1/t15-,16+,19-,20+,26?/m0/s1. The summed E-state index contributed by atoms with van der Waals surface area (Å²) in [5.74, 6) is -0.0447. The number of aliphatic hydroxyl groups excluding tert-OH is 1. The summed E-state index contributed by atoms with van der Waals surface area (Å²) < 4.78 is 5.92. The Bertz CT molecular complexity index is 1520. The molecule has 15 nitrogen and oxygen atoms in total. The van der Waals surface area contributed by atoms with Crippen LogP contribution in [0.1, 0.15) is 46.7 Å². The second-order valence-electron chi connectivity index (χ2n) is 11.4. The first kappa shape index (κ1) is 26.6. The quantitative estimate of drug-likeness (QED) is 0.174. The first-order valence-corrected chi connectivity index (χ1v) is 13.4. The van der Waals surface area contributed by atoms with Gasteiger partial charge in [-0.1, -0.05) is 26.0 Å². The van der Waals surface area contributed by atoms with E-state index in [0.717, 1.165) is 12.0 Å². The fraction of sp³-hybridized carbons (Fsp3) is 0.462. The lowest BCUT2D eigenvalue weighted by Gasteiger charge is -2.43. The van der Waals surface area contributed by atoms with Gasteiger partial charge in [0.05, 0.1) is 18.2 Å². The van der Waals surface area contributed by atoms with Crippen molar-refractivity contribution in [2.45, 2.75) is 55.6 Å². The van der Waals surface area contributed by atoms with Crippen LogP contribution in [0.2, 0.25) is 0 Å². The molecule has 0 bridgehead atoms. The van der Waals surface area contributed by atoms with Crippen molar-refractivity contribution in [3.63, 3.8) is 0 Å². The number of nitrogens with zero attached hydrogens (tertiary/aromatic N) is 3. The molecule has 1 saturated heterocycles. The lowest BCUT2D eigenvalue weighted by molar-refractivity contribution is -0.513. The number of aliphatic imine (C=N–C) groups is 1. The molecule has 4 aliphatic rings. The number of guanidine groups is 2. The largest absolute Gasteiger partial charge is 0.492 e. The minimum atomic E-state index is -1.24. The molecule has 2 amide bonds. The zero-order valence-corrected chi connectivity index (χ0v) is 22.6. The molecule has 1 aromatic heterocycles. The van der Waals surface area contributed by atoms with Gasteiger partial charge >= 0.3 is 5.96 Å². The predicted molar refractivity (Wildman–Crippen MR) is 146 cm³/mol. The van der Waals surface area contributed by atoms with Crippen LogP contribution >= 0.6 is 0 Å². The summed E-state index contributed by atoms with van der Waals surface area (Å²) in [5.41, 5.74) is 12.1. The van der Waals surface area contributed by atoms with Gasteiger partial charge in [0.15, 0.2) is 12.0 Å². The van der Waals surface area contributed by atoms with E-state index in [2.05, 4.69) is 50.0 Å². The molecule has 5 heterocycles. The first-order chi connectivity index (χ1) is 19.5. The molecule has 0 saturated carbocycles. The summed E-state index contributed by atoms with van der Waals surface area (Å²) in [6.07, 6.45) is -0.334. The highest BCUT2D eigenvalue weighted by atomic mass is 16.5. The Morgan fingerprint density at radius 1 is 1.24 bits per heavy atom. The van der Waals surface area contributed by atoms with Crippen LogP contribution in [0.25, 0.3) is 0 Å². The zero-order chi connectivity index (χ0) is 29.1. The Morgan fingerprint density at radius 3 is 2.80 bits per heavy atom. The Balaban J connectivity index is 1.23. The molecule has 15 heteroatoms. The number of H-pyrrole nitrogens is 1. The molecule has 5 atom stereocenters. The third kappa shape index (κ3) is 4.23. The van der Waals surface area contributed by atoms with Crippen LogP contribution in [0.3, 0.4) is 0 Å². The van der Waals surface area contributed by atoms with E-state index in [4.69, 9.17) is 16.2 Å². The van der Waals surface area contributed by atoms with Crippen LogP contribution in [0.4, 0.5) is 0 Å². The number of carbonyl (C=O) groups excluding carboxylic acids is 2. The van der Waals surface area contributed by atoms with E-state index in [1.807, 2.05) is 12.1 Å². The number of hydrogen-bond acceptors (Lipinski definition) is 11. The Kier molecular flexibility index (Phi) is 6.13. The first-order valence-electron chi connectivity index (χ1n) is 13.4. The van der Waals surface area contributed by atoms with E-state index in [9.17, 15) is 19.5 Å². The number of aromatic amines is 1. The molecular formula is C26H33N10O5+. The highest BCUT2D eigenvalue weighted by Gasteiger charge is 2.68. The number of nitrogens with two attached hydrogens (primary N) is 2. The van der Waals surface area contributed by atoms with Crippen molar-refractivity contribution in [2.75, 3.05) is 19.7 Å². The van der Waals surface area contributed by atoms with Gasteiger partial charge in [-0.15, -0.1) is 0 Å². The maximum Gasteiger partial charge on any atom is 0.343 e. The molecule has 1 spiro atoms. The van der Waals surface area contributed by atoms with Gasteiger partial charge in [-0.05, 0) is 24.0 Å². The maximum atomic E-state index is 13.5. The van der Waals surface area contributed by atoms with Crippen LogP contribution in [0, 0.1) is 0 Å². The van der Waals surface area contributed by atoms with Crippen molar-refractivity contribution in [3.8, 4) is 5.75 Å². The van der Waals surface area contributed by atoms with Crippen molar-refractivity contribution >= 4 is 23.7 Å². The van der Waals surface area contributed by atoms with E-state index in [1.165, 1.54) is 12.1 Å². The van der Waals surface area contributed by atoms with Crippen molar-refractivity contribution in [1.82, 2.24) is 31.0 Å². The van der Waals surface area contributed by atoms with E-state index in [-0.39, 0.29) is 42.0 Å². The fourth-order valence-electron chi connectivity index (χ4n) is 6.24. The third-order valence-corrected chi connectivity index (χ3v) is 8.40. The van der Waals surface area contributed by atoms with Crippen LogP contribution in [-0.2, 0) is 5.41 Å². The number of aromatic nitrogens is 2. The van der Waals surface area contributed by atoms with E-state index < -0.39 is 41.4 Å². The summed E-state index contributed by atoms with van der Waals surface area (Å²) >= 11 is 0. The summed E-state index contributed by atoms with van der Waals surface area (Å²) in [6, 6.07) is 6.00. The molecule has 4 aliphatic heterocycles. The van der Waals surface area contributed by atoms with Gasteiger partial charge in [0.25, 0.3) is 17.4 Å². The number of benzene rings is 1. The normalized spacial score (nSPS) is 29.1. The Morgan fingerprint density at radius 2 is 2.05 bits per heavy atom. The SMILES string of the molecule is CC1(C)CCOc2c(C(=O)N[C@@H]3CN4C(N)=N[C@@H](CNC(=O)c5ccc(=O)[nH]n5)[C@@H]5[NH+]=C(N)NC54[C@@H]3O)cccc21. The summed E-state index contributed by atoms with van der Waals surface area (Å²) in [7, 11) is 0. The average Bonchev–Trinajstić information content (AvgIpc) is 3.43. The molecule has 1 unspecified atom stereocenters. The topological polar surface area (TPSA) is 227 Å². The molecule has 0 radical (unpaired) electrons. The van der Waals surface area contributed by atoms with Gasteiger partial charge in [-0.3, -0.25) is 25.1 Å². The van der Waals surface area contributed by atoms with Crippen molar-refractivity contribution in [3.05, 3.63) is 57.5 Å².